The molecule has 0 saturated heterocycles. The molecular formula is C26H54N2. The van der Waals surface area contributed by atoms with Crippen molar-refractivity contribution < 1.29 is 0 Å². The number of hydrogen-bond donors (Lipinski definition) is 2. The van der Waals surface area contributed by atoms with Crippen molar-refractivity contribution >= 4 is 0 Å². The Hall–Kier alpha value is -0.920. The molecule has 2 heterocycles. The quantitative estimate of drug-likeness (QED) is 0.506. The maximum atomic E-state index is 3.53. The molecule has 0 aromatic rings. The molecule has 0 bridgehead atoms. The molecule has 0 spiro atoms. The third-order valence-corrected chi connectivity index (χ3v) is 5.12. The van der Waals surface area contributed by atoms with E-state index in [1.807, 2.05) is 27.7 Å². The van der Waals surface area contributed by atoms with Gasteiger partial charge in [-0.25, -0.2) is 0 Å². The van der Waals surface area contributed by atoms with Crippen molar-refractivity contribution in [3.05, 3.63) is 22.5 Å². The first kappa shape index (κ1) is 29.3. The zero-order valence-electron chi connectivity index (χ0n) is 21.6. The molecule has 0 radical (unpaired) electrons. The van der Waals surface area contributed by atoms with Crippen LogP contribution in [0.1, 0.15) is 109 Å². The van der Waals surface area contributed by atoms with Crippen molar-refractivity contribution in [3.8, 4) is 0 Å². The SMILES string of the molecule is CC.CC.CC(C)C1=C(C(C)C)NCCC1.CC(C)C1=C(C(C)C)NCCC1. The zero-order valence-corrected chi connectivity index (χ0v) is 21.6. The Bertz CT molecular complexity index is 357. The summed E-state index contributed by atoms with van der Waals surface area (Å²) >= 11 is 0. The Morgan fingerprint density at radius 2 is 0.786 bits per heavy atom. The van der Waals surface area contributed by atoms with E-state index in [1.54, 1.807) is 11.1 Å². The summed E-state index contributed by atoms with van der Waals surface area (Å²) in [5, 5.41) is 7.06. The summed E-state index contributed by atoms with van der Waals surface area (Å²) in [6, 6.07) is 0. The lowest BCUT2D eigenvalue weighted by molar-refractivity contribution is 0.534. The molecule has 0 atom stereocenters. The highest BCUT2D eigenvalue weighted by atomic mass is 14.9. The van der Waals surface area contributed by atoms with Gasteiger partial charge in [-0.2, -0.15) is 0 Å². The Labute approximate surface area is 179 Å². The smallest absolute Gasteiger partial charge is 0.0147 e. The molecular weight excluding hydrogens is 340 g/mol. The van der Waals surface area contributed by atoms with Gasteiger partial charge in [0.2, 0.25) is 0 Å². The van der Waals surface area contributed by atoms with Crippen molar-refractivity contribution in [1.29, 1.82) is 0 Å². The molecule has 2 nitrogen and oxygen atoms in total. The van der Waals surface area contributed by atoms with E-state index < -0.39 is 0 Å². The topological polar surface area (TPSA) is 24.1 Å². The standard InChI is InChI=1S/2C11H21N.2C2H6/c2*1-8(2)10-6-5-7-12-11(10)9(3)4;2*1-2/h2*8-9,12H,5-7H2,1-4H3;2*1-2H3. The molecule has 2 aliphatic heterocycles. The van der Waals surface area contributed by atoms with Gasteiger partial charge in [0.1, 0.15) is 0 Å². The predicted molar refractivity (Wildman–Crippen MR) is 131 cm³/mol. The third kappa shape index (κ3) is 10.6. The van der Waals surface area contributed by atoms with Crippen LogP contribution in [0.5, 0.6) is 0 Å². The number of allylic oxidation sites excluding steroid dienone is 4. The van der Waals surface area contributed by atoms with E-state index in [-0.39, 0.29) is 0 Å². The van der Waals surface area contributed by atoms with Gasteiger partial charge in [0.05, 0.1) is 0 Å². The fraction of sp³-hybridized carbons (Fsp3) is 0.846. The maximum absolute atomic E-state index is 3.53. The number of rotatable bonds is 4. The van der Waals surface area contributed by atoms with Crippen LogP contribution in [-0.4, -0.2) is 13.1 Å². The van der Waals surface area contributed by atoms with Crippen LogP contribution in [0.15, 0.2) is 22.5 Å². The molecule has 0 aliphatic carbocycles. The zero-order chi connectivity index (χ0) is 22.3. The Kier molecular flexibility index (Phi) is 17.8. The molecule has 0 unspecified atom stereocenters. The first-order chi connectivity index (χ1) is 13.3. The van der Waals surface area contributed by atoms with Crippen LogP contribution in [0.4, 0.5) is 0 Å². The van der Waals surface area contributed by atoms with Crippen LogP contribution in [0.25, 0.3) is 0 Å². The predicted octanol–water partition coefficient (Wildman–Crippen LogP) is 7.92. The molecule has 0 amide bonds. The van der Waals surface area contributed by atoms with E-state index in [0.29, 0.717) is 11.8 Å². The van der Waals surface area contributed by atoms with E-state index in [1.165, 1.54) is 50.2 Å². The normalized spacial score (nSPS) is 16.6. The summed E-state index contributed by atoms with van der Waals surface area (Å²) in [5.41, 5.74) is 6.32. The van der Waals surface area contributed by atoms with Gasteiger partial charge in [0.15, 0.2) is 0 Å². The summed E-state index contributed by atoms with van der Waals surface area (Å²) in [4.78, 5) is 0. The highest BCUT2D eigenvalue weighted by Crippen LogP contribution is 2.27. The van der Waals surface area contributed by atoms with Crippen molar-refractivity contribution in [2.24, 2.45) is 23.7 Å². The molecule has 28 heavy (non-hydrogen) atoms. The second-order valence-electron chi connectivity index (χ2n) is 8.56. The average molecular weight is 395 g/mol. The van der Waals surface area contributed by atoms with E-state index in [0.717, 1.165) is 11.8 Å². The van der Waals surface area contributed by atoms with Crippen LogP contribution >= 0.6 is 0 Å². The van der Waals surface area contributed by atoms with Crippen LogP contribution < -0.4 is 10.6 Å². The van der Waals surface area contributed by atoms with Crippen LogP contribution in [0.3, 0.4) is 0 Å². The van der Waals surface area contributed by atoms with Crippen molar-refractivity contribution in [3.63, 3.8) is 0 Å². The van der Waals surface area contributed by atoms with Gasteiger partial charge in [-0.05, 0) is 60.5 Å². The van der Waals surface area contributed by atoms with E-state index >= 15 is 0 Å². The lowest BCUT2D eigenvalue weighted by Crippen LogP contribution is -2.26. The molecule has 2 N–H and O–H groups in total. The molecule has 2 aliphatic rings. The second kappa shape index (κ2) is 17.0. The average Bonchev–Trinajstić information content (AvgIpc) is 2.71. The summed E-state index contributed by atoms with van der Waals surface area (Å²) in [5.74, 6) is 2.77. The van der Waals surface area contributed by atoms with Crippen LogP contribution in [0, 0.1) is 23.7 Å². The lowest BCUT2D eigenvalue weighted by atomic mass is 9.89. The molecule has 0 saturated carbocycles. The van der Waals surface area contributed by atoms with E-state index in [9.17, 15) is 0 Å². The largest absolute Gasteiger partial charge is 0.388 e. The molecule has 0 fully saturated rings. The van der Waals surface area contributed by atoms with Gasteiger partial charge in [0.25, 0.3) is 0 Å². The highest BCUT2D eigenvalue weighted by Gasteiger charge is 2.17. The highest BCUT2D eigenvalue weighted by molar-refractivity contribution is 5.19. The fourth-order valence-corrected chi connectivity index (χ4v) is 3.85. The van der Waals surface area contributed by atoms with Gasteiger partial charge in [-0.1, -0.05) is 83.1 Å². The van der Waals surface area contributed by atoms with Crippen molar-refractivity contribution in [2.75, 3.05) is 13.1 Å². The van der Waals surface area contributed by atoms with E-state index in [2.05, 4.69) is 66.0 Å². The summed E-state index contributed by atoms with van der Waals surface area (Å²) < 4.78 is 0. The first-order valence-corrected chi connectivity index (χ1v) is 12.2. The summed E-state index contributed by atoms with van der Waals surface area (Å²) in [6.45, 7) is 28.6. The van der Waals surface area contributed by atoms with Crippen LogP contribution in [-0.2, 0) is 0 Å². The van der Waals surface area contributed by atoms with Crippen LogP contribution in [0.2, 0.25) is 0 Å². The van der Waals surface area contributed by atoms with Gasteiger partial charge >= 0.3 is 0 Å². The van der Waals surface area contributed by atoms with Gasteiger partial charge in [-0.15, -0.1) is 0 Å². The Morgan fingerprint density at radius 1 is 0.500 bits per heavy atom. The minimum Gasteiger partial charge on any atom is -0.388 e. The molecule has 168 valence electrons. The summed E-state index contributed by atoms with van der Waals surface area (Å²) in [7, 11) is 0. The van der Waals surface area contributed by atoms with Gasteiger partial charge in [0, 0.05) is 24.5 Å². The molecule has 0 aromatic heterocycles. The van der Waals surface area contributed by atoms with Crippen molar-refractivity contribution in [1.82, 2.24) is 10.6 Å². The van der Waals surface area contributed by atoms with Gasteiger partial charge in [-0.3, -0.25) is 0 Å². The number of hydrogen-bond acceptors (Lipinski definition) is 2. The molecule has 2 heteroatoms. The van der Waals surface area contributed by atoms with Gasteiger partial charge < -0.3 is 10.6 Å². The fourth-order valence-electron chi connectivity index (χ4n) is 3.85. The lowest BCUT2D eigenvalue weighted by Gasteiger charge is -2.27. The number of nitrogens with one attached hydrogen (secondary N) is 2. The molecule has 2 rings (SSSR count). The summed E-state index contributed by atoms with van der Waals surface area (Å²) in [6.07, 6.45) is 5.23. The minimum absolute atomic E-state index is 0.669. The Balaban J connectivity index is 0. The maximum Gasteiger partial charge on any atom is 0.0147 e. The first-order valence-electron chi connectivity index (χ1n) is 12.2. The molecule has 0 aromatic carbocycles. The monoisotopic (exact) mass is 394 g/mol. The second-order valence-corrected chi connectivity index (χ2v) is 8.56. The Morgan fingerprint density at radius 3 is 0.964 bits per heavy atom. The van der Waals surface area contributed by atoms with E-state index in [4.69, 9.17) is 0 Å². The minimum atomic E-state index is 0.669. The third-order valence-electron chi connectivity index (χ3n) is 5.12. The van der Waals surface area contributed by atoms with Crippen molar-refractivity contribution in [2.45, 2.75) is 109 Å².